The minimum absolute atomic E-state index is 0.138. The SMILES string of the molecule is COC1(c2ccccc2)CCN(CCCCC23CCCc4cccc(c42)NC3=O)CC1. The van der Waals surface area contributed by atoms with Crippen LogP contribution < -0.4 is 5.32 Å². The number of anilines is 1. The summed E-state index contributed by atoms with van der Waals surface area (Å²) < 4.78 is 6.03. The Morgan fingerprint density at radius 3 is 2.58 bits per heavy atom. The van der Waals surface area contributed by atoms with Crippen molar-refractivity contribution in [2.45, 2.75) is 62.4 Å². The highest BCUT2D eigenvalue weighted by Gasteiger charge is 2.48. The van der Waals surface area contributed by atoms with Gasteiger partial charge in [-0.15, -0.1) is 0 Å². The van der Waals surface area contributed by atoms with Crippen LogP contribution in [0.4, 0.5) is 5.69 Å². The fourth-order valence-electron chi connectivity index (χ4n) is 6.27. The number of carbonyl (C=O) groups excluding carboxylic acids is 1. The van der Waals surface area contributed by atoms with Crippen LogP contribution in [0.25, 0.3) is 0 Å². The van der Waals surface area contributed by atoms with Gasteiger partial charge in [0.1, 0.15) is 0 Å². The van der Waals surface area contributed by atoms with E-state index in [-0.39, 0.29) is 16.9 Å². The first-order valence-corrected chi connectivity index (χ1v) is 11.9. The number of amides is 1. The number of rotatable bonds is 7. The highest BCUT2D eigenvalue weighted by Crippen LogP contribution is 2.49. The largest absolute Gasteiger partial charge is 0.373 e. The lowest BCUT2D eigenvalue weighted by Crippen LogP contribution is -2.44. The van der Waals surface area contributed by atoms with Crippen molar-refractivity contribution in [3.8, 4) is 0 Å². The van der Waals surface area contributed by atoms with Crippen LogP contribution in [-0.4, -0.2) is 37.6 Å². The summed E-state index contributed by atoms with van der Waals surface area (Å²) in [6.07, 6.45) is 8.53. The van der Waals surface area contributed by atoms with Gasteiger partial charge in [-0.3, -0.25) is 4.79 Å². The second kappa shape index (κ2) is 8.40. The molecular weight excluding hydrogens is 384 g/mol. The number of nitrogens with one attached hydrogen (secondary N) is 1. The highest BCUT2D eigenvalue weighted by molar-refractivity contribution is 6.07. The van der Waals surface area contributed by atoms with Gasteiger partial charge < -0.3 is 15.0 Å². The molecule has 0 aromatic heterocycles. The third-order valence-corrected chi connectivity index (χ3v) is 8.04. The lowest BCUT2D eigenvalue weighted by atomic mass is 9.68. The van der Waals surface area contributed by atoms with Crippen LogP contribution in [0, 0.1) is 0 Å². The maximum absolute atomic E-state index is 13.0. The Bertz CT molecular complexity index is 934. The second-order valence-corrected chi connectivity index (χ2v) is 9.59. The molecule has 1 N–H and O–H groups in total. The lowest BCUT2D eigenvalue weighted by molar-refractivity contribution is -0.121. The molecule has 1 saturated heterocycles. The molecule has 1 amide bonds. The van der Waals surface area contributed by atoms with Crippen molar-refractivity contribution < 1.29 is 9.53 Å². The van der Waals surface area contributed by atoms with Gasteiger partial charge >= 0.3 is 0 Å². The van der Waals surface area contributed by atoms with Gasteiger partial charge in [-0.05, 0) is 74.2 Å². The first-order valence-electron chi connectivity index (χ1n) is 11.9. The molecular formula is C27H34N2O2. The van der Waals surface area contributed by atoms with E-state index in [1.165, 1.54) is 16.7 Å². The molecule has 2 aliphatic heterocycles. The number of hydrogen-bond donors (Lipinski definition) is 1. The number of unbranched alkanes of at least 4 members (excludes halogenated alkanes) is 1. The molecule has 4 nitrogen and oxygen atoms in total. The Balaban J connectivity index is 1.16. The molecule has 0 bridgehead atoms. The summed E-state index contributed by atoms with van der Waals surface area (Å²) in [4.78, 5) is 15.5. The summed E-state index contributed by atoms with van der Waals surface area (Å²) in [5.74, 6) is 0.236. The third kappa shape index (κ3) is 3.60. The van der Waals surface area contributed by atoms with Gasteiger partial charge in [0, 0.05) is 25.9 Å². The summed E-state index contributed by atoms with van der Waals surface area (Å²) in [5, 5.41) is 3.18. The molecule has 164 valence electrons. The van der Waals surface area contributed by atoms with E-state index < -0.39 is 0 Å². The number of benzene rings is 2. The number of nitrogens with zero attached hydrogens (tertiary/aromatic N) is 1. The van der Waals surface area contributed by atoms with E-state index in [1.807, 2.05) is 7.11 Å². The molecule has 31 heavy (non-hydrogen) atoms. The molecule has 2 aromatic carbocycles. The molecule has 0 spiro atoms. The van der Waals surface area contributed by atoms with Gasteiger partial charge in [0.15, 0.2) is 0 Å². The molecule has 5 rings (SSSR count). The molecule has 1 unspecified atom stereocenters. The number of hydrogen-bond acceptors (Lipinski definition) is 3. The zero-order valence-electron chi connectivity index (χ0n) is 18.7. The predicted octanol–water partition coefficient (Wildman–Crippen LogP) is 5.02. The number of piperidine rings is 1. The fourth-order valence-corrected chi connectivity index (χ4v) is 6.27. The molecule has 2 aromatic rings. The van der Waals surface area contributed by atoms with E-state index in [0.29, 0.717) is 0 Å². The van der Waals surface area contributed by atoms with Crippen molar-refractivity contribution >= 4 is 11.6 Å². The molecule has 0 saturated carbocycles. The van der Waals surface area contributed by atoms with Gasteiger partial charge in [-0.1, -0.05) is 48.9 Å². The summed E-state index contributed by atoms with van der Waals surface area (Å²) in [6, 6.07) is 17.1. The Kier molecular flexibility index (Phi) is 5.61. The lowest BCUT2D eigenvalue weighted by Gasteiger charge is -2.41. The maximum Gasteiger partial charge on any atom is 0.235 e. The van der Waals surface area contributed by atoms with E-state index in [4.69, 9.17) is 4.74 Å². The van der Waals surface area contributed by atoms with Gasteiger partial charge in [0.25, 0.3) is 0 Å². The van der Waals surface area contributed by atoms with E-state index in [2.05, 4.69) is 58.7 Å². The van der Waals surface area contributed by atoms with Crippen LogP contribution in [0.15, 0.2) is 48.5 Å². The zero-order valence-corrected chi connectivity index (χ0v) is 18.7. The van der Waals surface area contributed by atoms with Crippen LogP contribution in [0.3, 0.4) is 0 Å². The van der Waals surface area contributed by atoms with Crippen LogP contribution in [-0.2, 0) is 27.0 Å². The number of ether oxygens (including phenoxy) is 1. The Morgan fingerprint density at radius 2 is 1.81 bits per heavy atom. The molecule has 1 aliphatic carbocycles. The predicted molar refractivity (Wildman–Crippen MR) is 124 cm³/mol. The van der Waals surface area contributed by atoms with Crippen molar-refractivity contribution in [1.29, 1.82) is 0 Å². The van der Waals surface area contributed by atoms with Crippen LogP contribution in [0.5, 0.6) is 0 Å². The van der Waals surface area contributed by atoms with Crippen molar-refractivity contribution in [2.24, 2.45) is 0 Å². The van der Waals surface area contributed by atoms with Crippen molar-refractivity contribution in [2.75, 3.05) is 32.1 Å². The van der Waals surface area contributed by atoms with Gasteiger partial charge in [-0.25, -0.2) is 0 Å². The summed E-state index contributed by atoms with van der Waals surface area (Å²) in [6.45, 7) is 3.25. The summed E-state index contributed by atoms with van der Waals surface area (Å²) in [7, 11) is 1.85. The van der Waals surface area contributed by atoms with Crippen molar-refractivity contribution in [3.05, 3.63) is 65.2 Å². The van der Waals surface area contributed by atoms with Crippen LogP contribution in [0.1, 0.15) is 61.6 Å². The van der Waals surface area contributed by atoms with Gasteiger partial charge in [0.2, 0.25) is 5.91 Å². The molecule has 4 heteroatoms. The molecule has 1 atom stereocenters. The van der Waals surface area contributed by atoms with Gasteiger partial charge in [-0.2, -0.15) is 0 Å². The van der Waals surface area contributed by atoms with Crippen LogP contribution in [0.2, 0.25) is 0 Å². The molecule has 1 fully saturated rings. The smallest absolute Gasteiger partial charge is 0.235 e. The van der Waals surface area contributed by atoms with Crippen molar-refractivity contribution in [1.82, 2.24) is 4.90 Å². The number of likely N-dealkylation sites (tertiary alicyclic amines) is 1. The molecule has 3 aliphatic rings. The zero-order chi connectivity index (χ0) is 21.3. The van der Waals surface area contributed by atoms with Crippen molar-refractivity contribution in [3.63, 3.8) is 0 Å². The first kappa shape index (κ1) is 20.7. The van der Waals surface area contributed by atoms with E-state index in [0.717, 1.165) is 76.7 Å². The van der Waals surface area contributed by atoms with E-state index in [9.17, 15) is 4.79 Å². The maximum atomic E-state index is 13.0. The standard InChI is InChI=1S/C27H34N2O2/c1-31-27(22-11-3-2-4-12-22)16-19-29(20-17-27)18-6-5-14-26-15-8-10-21-9-7-13-23(24(21)26)28-25(26)30/h2-4,7,9,11-13H,5-6,8,10,14-20H2,1H3,(H,28,30). The monoisotopic (exact) mass is 418 g/mol. The Hall–Kier alpha value is -2.17. The number of methoxy groups -OCH3 is 1. The number of aryl methyl sites for hydroxylation is 1. The third-order valence-electron chi connectivity index (χ3n) is 8.04. The average Bonchev–Trinajstić information content (AvgIpc) is 3.11. The Morgan fingerprint density at radius 1 is 1.00 bits per heavy atom. The van der Waals surface area contributed by atoms with Crippen LogP contribution >= 0.6 is 0 Å². The fraction of sp³-hybridized carbons (Fsp3) is 0.519. The summed E-state index contributed by atoms with van der Waals surface area (Å²) >= 11 is 0. The first-order chi connectivity index (χ1) is 15.2. The molecule has 0 radical (unpaired) electrons. The normalized spacial score (nSPS) is 24.6. The Labute approximate surface area is 186 Å². The second-order valence-electron chi connectivity index (χ2n) is 9.59. The minimum Gasteiger partial charge on any atom is -0.373 e. The van der Waals surface area contributed by atoms with E-state index >= 15 is 0 Å². The van der Waals surface area contributed by atoms with E-state index in [1.54, 1.807) is 0 Å². The summed E-state index contributed by atoms with van der Waals surface area (Å²) in [5.41, 5.74) is 4.66. The minimum atomic E-state index is -0.273. The van der Waals surface area contributed by atoms with Gasteiger partial charge in [0.05, 0.1) is 11.0 Å². The topological polar surface area (TPSA) is 41.6 Å². The average molecular weight is 419 g/mol. The highest BCUT2D eigenvalue weighted by atomic mass is 16.5. The quantitative estimate of drug-likeness (QED) is 0.642. The molecule has 2 heterocycles. The number of carbonyl (C=O) groups is 1.